The van der Waals surface area contributed by atoms with Gasteiger partial charge in [-0.3, -0.25) is 14.4 Å². The predicted molar refractivity (Wildman–Crippen MR) is 172 cm³/mol. The molecule has 248 valence electrons. The lowest BCUT2D eigenvalue weighted by atomic mass is 9.99. The molecule has 1 aromatic rings. The molecule has 6 atom stereocenters. The standard InChI is InChI=1S/C33H54N2O8Si/c1-22(2)16-19-27(43-44(9,10)33(4,5)6)29(41-21-24-14-12-11-13-15-24)28(37)30(40-8)31(38)34-26-18-17-25(42-23(3)36)20-35(7)32(26)39/h11-16,19,22,25-30,37H,17-18,20-21H2,1-10H3,(H,34,38)/b19-16+/t25-,26-,27+,28+,29-,30+/m0/s1. The van der Waals surface area contributed by atoms with Crippen molar-refractivity contribution >= 4 is 26.1 Å². The zero-order chi connectivity index (χ0) is 33.2. The SMILES string of the molecule is CO[C@@H](C(=O)N[C@H]1CC[C@H](OC(C)=O)CN(C)C1=O)[C@H](O)[C@@H](OCc1ccccc1)[C@@H](/C=C/C(C)C)O[Si](C)(C)C(C)(C)C. The van der Waals surface area contributed by atoms with Crippen LogP contribution in [0.15, 0.2) is 42.5 Å². The van der Waals surface area contributed by atoms with E-state index in [1.54, 1.807) is 7.05 Å². The summed E-state index contributed by atoms with van der Waals surface area (Å²) in [6.07, 6.45) is -0.356. The molecule has 0 bridgehead atoms. The quantitative estimate of drug-likeness (QED) is 0.177. The monoisotopic (exact) mass is 634 g/mol. The molecule has 1 fully saturated rings. The van der Waals surface area contributed by atoms with Crippen molar-refractivity contribution in [2.45, 2.75) is 116 Å². The molecule has 2 amide bonds. The van der Waals surface area contributed by atoms with Crippen molar-refractivity contribution in [3.8, 4) is 0 Å². The number of likely N-dealkylation sites (N-methyl/N-ethyl adjacent to an activating group) is 1. The number of ether oxygens (including phenoxy) is 3. The summed E-state index contributed by atoms with van der Waals surface area (Å²) in [6, 6.07) is 8.71. The second kappa shape index (κ2) is 16.7. The van der Waals surface area contributed by atoms with Crippen LogP contribution in [0, 0.1) is 5.92 Å². The minimum absolute atomic E-state index is 0.125. The topological polar surface area (TPSA) is 124 Å². The van der Waals surface area contributed by atoms with E-state index in [9.17, 15) is 19.5 Å². The number of nitrogens with zero attached hydrogens (tertiary/aromatic N) is 1. The fourth-order valence-corrected chi connectivity index (χ4v) is 5.99. The lowest BCUT2D eigenvalue weighted by Crippen LogP contribution is -2.57. The van der Waals surface area contributed by atoms with Crippen LogP contribution in [0.1, 0.15) is 59.9 Å². The van der Waals surface area contributed by atoms with Crippen LogP contribution in [0.25, 0.3) is 0 Å². The number of benzene rings is 1. The average Bonchev–Trinajstić information content (AvgIpc) is 3.05. The van der Waals surface area contributed by atoms with E-state index in [2.05, 4.69) is 39.2 Å². The van der Waals surface area contributed by atoms with E-state index in [0.717, 1.165) is 5.56 Å². The Labute approximate surface area is 264 Å². The molecule has 0 aromatic heterocycles. The molecule has 0 unspecified atom stereocenters. The van der Waals surface area contributed by atoms with E-state index >= 15 is 0 Å². The average molecular weight is 635 g/mol. The van der Waals surface area contributed by atoms with E-state index in [4.69, 9.17) is 18.6 Å². The first-order valence-corrected chi connectivity index (χ1v) is 18.3. The molecular weight excluding hydrogens is 580 g/mol. The Bertz CT molecular complexity index is 1100. The van der Waals surface area contributed by atoms with Gasteiger partial charge in [0.15, 0.2) is 14.4 Å². The number of hydrogen-bond acceptors (Lipinski definition) is 8. The van der Waals surface area contributed by atoms with Crippen molar-refractivity contribution in [3.05, 3.63) is 48.0 Å². The first kappa shape index (κ1) is 37.6. The number of allylic oxidation sites excluding steroid dienone is 1. The number of carbonyl (C=O) groups excluding carboxylic acids is 3. The van der Waals surface area contributed by atoms with Crippen LogP contribution in [-0.4, -0.2) is 93.4 Å². The van der Waals surface area contributed by atoms with Crippen LogP contribution >= 0.6 is 0 Å². The third-order valence-electron chi connectivity index (χ3n) is 8.27. The number of hydrogen-bond donors (Lipinski definition) is 2. The van der Waals surface area contributed by atoms with E-state index in [1.165, 1.54) is 18.9 Å². The van der Waals surface area contributed by atoms with Gasteiger partial charge in [0, 0.05) is 21.1 Å². The number of methoxy groups -OCH3 is 1. The zero-order valence-corrected chi connectivity index (χ0v) is 29.2. The highest BCUT2D eigenvalue weighted by Crippen LogP contribution is 2.38. The third kappa shape index (κ3) is 11.1. The Kier molecular flexibility index (Phi) is 14.2. The lowest BCUT2D eigenvalue weighted by Gasteiger charge is -2.42. The van der Waals surface area contributed by atoms with Crippen molar-refractivity contribution in [1.29, 1.82) is 0 Å². The van der Waals surface area contributed by atoms with Crippen molar-refractivity contribution < 1.29 is 38.1 Å². The molecular formula is C33H54N2O8Si. The molecule has 44 heavy (non-hydrogen) atoms. The fraction of sp³-hybridized carbons (Fsp3) is 0.667. The largest absolute Gasteiger partial charge is 0.461 e. The van der Waals surface area contributed by atoms with Gasteiger partial charge in [0.25, 0.3) is 5.91 Å². The van der Waals surface area contributed by atoms with E-state index in [-0.39, 0.29) is 36.4 Å². The van der Waals surface area contributed by atoms with Gasteiger partial charge >= 0.3 is 5.97 Å². The van der Waals surface area contributed by atoms with Gasteiger partial charge in [-0.1, -0.05) is 77.1 Å². The highest BCUT2D eigenvalue weighted by molar-refractivity contribution is 6.74. The van der Waals surface area contributed by atoms with Gasteiger partial charge in [0.2, 0.25) is 5.91 Å². The lowest BCUT2D eigenvalue weighted by molar-refractivity contribution is -0.158. The number of aliphatic hydroxyl groups excluding tert-OH is 1. The van der Waals surface area contributed by atoms with E-state index in [1.807, 2.05) is 56.3 Å². The van der Waals surface area contributed by atoms with Gasteiger partial charge in [-0.15, -0.1) is 0 Å². The maximum absolute atomic E-state index is 13.7. The summed E-state index contributed by atoms with van der Waals surface area (Å²) in [5, 5.41) is 14.5. The molecule has 2 N–H and O–H groups in total. The molecule has 0 aliphatic carbocycles. The number of amides is 2. The fourth-order valence-electron chi connectivity index (χ4n) is 4.74. The Morgan fingerprint density at radius 1 is 1.14 bits per heavy atom. The van der Waals surface area contributed by atoms with Crippen LogP contribution < -0.4 is 5.32 Å². The zero-order valence-electron chi connectivity index (χ0n) is 28.2. The first-order chi connectivity index (χ1) is 20.5. The normalized spacial score (nSPS) is 21.1. The first-order valence-electron chi connectivity index (χ1n) is 15.4. The summed E-state index contributed by atoms with van der Waals surface area (Å²) in [7, 11) is 0.566. The smallest absolute Gasteiger partial charge is 0.302 e. The highest BCUT2D eigenvalue weighted by atomic mass is 28.4. The van der Waals surface area contributed by atoms with Crippen molar-refractivity contribution in [3.63, 3.8) is 0 Å². The van der Waals surface area contributed by atoms with Crippen LogP contribution in [0.4, 0.5) is 0 Å². The Morgan fingerprint density at radius 2 is 1.77 bits per heavy atom. The molecule has 1 aliphatic heterocycles. The Hall–Kier alpha value is -2.57. The van der Waals surface area contributed by atoms with E-state index < -0.39 is 56.8 Å². The number of carbonyl (C=O) groups is 3. The summed E-state index contributed by atoms with van der Waals surface area (Å²) in [4.78, 5) is 39.7. The maximum atomic E-state index is 13.7. The molecule has 11 heteroatoms. The molecule has 1 aliphatic rings. The summed E-state index contributed by atoms with van der Waals surface area (Å²) < 4.78 is 24.1. The van der Waals surface area contributed by atoms with Crippen LogP contribution in [0.2, 0.25) is 18.1 Å². The molecule has 1 aromatic carbocycles. The summed E-state index contributed by atoms with van der Waals surface area (Å²) in [6.45, 7) is 16.5. The number of aliphatic hydroxyl groups is 1. The molecule has 0 saturated carbocycles. The number of esters is 1. The van der Waals surface area contributed by atoms with Crippen molar-refractivity contribution in [2.24, 2.45) is 5.92 Å². The van der Waals surface area contributed by atoms with Crippen LogP contribution in [0.5, 0.6) is 0 Å². The summed E-state index contributed by atoms with van der Waals surface area (Å²) in [5.74, 6) is -1.18. The summed E-state index contributed by atoms with van der Waals surface area (Å²) >= 11 is 0. The minimum atomic E-state index is -2.37. The van der Waals surface area contributed by atoms with Crippen molar-refractivity contribution in [2.75, 3.05) is 20.7 Å². The molecule has 2 rings (SSSR count). The molecule has 0 spiro atoms. The second-order valence-electron chi connectivity index (χ2n) is 13.5. The number of rotatable bonds is 14. The molecule has 1 heterocycles. The van der Waals surface area contributed by atoms with E-state index in [0.29, 0.717) is 6.42 Å². The Balaban J connectivity index is 2.40. The van der Waals surface area contributed by atoms with Crippen LogP contribution in [-0.2, 0) is 39.6 Å². The van der Waals surface area contributed by atoms with Crippen molar-refractivity contribution in [1.82, 2.24) is 10.2 Å². The minimum Gasteiger partial charge on any atom is -0.461 e. The summed E-state index contributed by atoms with van der Waals surface area (Å²) in [5.41, 5.74) is 0.899. The van der Waals surface area contributed by atoms with Gasteiger partial charge < -0.3 is 34.0 Å². The van der Waals surface area contributed by atoms with Gasteiger partial charge in [-0.25, -0.2) is 0 Å². The predicted octanol–water partition coefficient (Wildman–Crippen LogP) is 4.22. The molecule has 1 saturated heterocycles. The van der Waals surface area contributed by atoms with Gasteiger partial charge in [-0.05, 0) is 42.5 Å². The number of nitrogens with one attached hydrogen (secondary N) is 1. The Morgan fingerprint density at radius 3 is 2.32 bits per heavy atom. The third-order valence-corrected chi connectivity index (χ3v) is 12.7. The molecule has 0 radical (unpaired) electrons. The number of likely N-dealkylation sites (tertiary alicyclic amines) is 1. The van der Waals surface area contributed by atoms with Crippen LogP contribution in [0.3, 0.4) is 0 Å². The van der Waals surface area contributed by atoms with Gasteiger partial charge in [-0.2, -0.15) is 0 Å². The maximum Gasteiger partial charge on any atom is 0.302 e. The van der Waals surface area contributed by atoms with Gasteiger partial charge in [0.1, 0.15) is 24.4 Å². The molecule has 10 nitrogen and oxygen atoms in total. The van der Waals surface area contributed by atoms with Gasteiger partial charge in [0.05, 0.1) is 19.3 Å². The second-order valence-corrected chi connectivity index (χ2v) is 18.2. The highest BCUT2D eigenvalue weighted by Gasteiger charge is 2.45.